The van der Waals surface area contributed by atoms with Crippen LogP contribution < -0.4 is 5.32 Å². The molecule has 1 aliphatic heterocycles. The molecule has 1 fully saturated rings. The highest BCUT2D eigenvalue weighted by Crippen LogP contribution is 2.19. The highest BCUT2D eigenvalue weighted by molar-refractivity contribution is 7.90. The summed E-state index contributed by atoms with van der Waals surface area (Å²) in [7, 11) is -3.11. The zero-order valence-electron chi connectivity index (χ0n) is 13.2. The molecule has 0 radical (unpaired) electrons. The van der Waals surface area contributed by atoms with E-state index in [1.54, 1.807) is 12.1 Å². The third kappa shape index (κ3) is 4.53. The molecule has 1 aliphatic rings. The first-order chi connectivity index (χ1) is 9.90. The lowest BCUT2D eigenvalue weighted by molar-refractivity contribution is 0.192. The van der Waals surface area contributed by atoms with Gasteiger partial charge in [0.05, 0.1) is 4.90 Å². The van der Waals surface area contributed by atoms with E-state index in [4.69, 9.17) is 0 Å². The van der Waals surface area contributed by atoms with Crippen molar-refractivity contribution >= 4 is 9.84 Å². The standard InChI is InChI=1S/C16H26N2O2S/c1-4-18-11-5-6-15(12-18)17-13(2)14-7-9-16(10-8-14)21(3,19)20/h7-10,13,15,17H,4-6,11-12H2,1-3H3. The van der Waals surface area contributed by atoms with Crippen molar-refractivity contribution in [2.75, 3.05) is 25.9 Å². The van der Waals surface area contributed by atoms with Crippen molar-refractivity contribution in [2.45, 2.75) is 43.7 Å². The quantitative estimate of drug-likeness (QED) is 0.906. The van der Waals surface area contributed by atoms with Crippen LogP contribution in [0.2, 0.25) is 0 Å². The fourth-order valence-electron chi connectivity index (χ4n) is 2.93. The van der Waals surface area contributed by atoms with Gasteiger partial charge in [-0.3, -0.25) is 0 Å². The molecule has 4 nitrogen and oxygen atoms in total. The zero-order valence-corrected chi connectivity index (χ0v) is 14.0. The molecule has 5 heteroatoms. The van der Waals surface area contributed by atoms with Crippen molar-refractivity contribution in [3.8, 4) is 0 Å². The van der Waals surface area contributed by atoms with Gasteiger partial charge in [-0.15, -0.1) is 0 Å². The average Bonchev–Trinajstić information content (AvgIpc) is 2.46. The van der Waals surface area contributed by atoms with E-state index in [-0.39, 0.29) is 6.04 Å². The van der Waals surface area contributed by atoms with Gasteiger partial charge >= 0.3 is 0 Å². The Bertz CT molecular complexity index is 554. The van der Waals surface area contributed by atoms with Gasteiger partial charge in [-0.25, -0.2) is 8.42 Å². The number of rotatable bonds is 5. The maximum atomic E-state index is 11.5. The minimum Gasteiger partial charge on any atom is -0.306 e. The van der Waals surface area contributed by atoms with Crippen LogP contribution in [0.5, 0.6) is 0 Å². The van der Waals surface area contributed by atoms with Crippen molar-refractivity contribution in [3.05, 3.63) is 29.8 Å². The highest BCUT2D eigenvalue weighted by Gasteiger charge is 2.20. The molecule has 0 aliphatic carbocycles. The van der Waals surface area contributed by atoms with E-state index in [1.165, 1.54) is 25.6 Å². The van der Waals surface area contributed by atoms with E-state index in [2.05, 4.69) is 24.1 Å². The zero-order chi connectivity index (χ0) is 15.5. The van der Waals surface area contributed by atoms with E-state index < -0.39 is 9.84 Å². The van der Waals surface area contributed by atoms with Gasteiger partial charge in [0.15, 0.2) is 9.84 Å². The minimum absolute atomic E-state index is 0.236. The summed E-state index contributed by atoms with van der Waals surface area (Å²) in [5, 5.41) is 3.67. The molecule has 1 aromatic rings. The molecular weight excluding hydrogens is 284 g/mol. The molecule has 2 unspecified atom stereocenters. The number of nitrogens with zero attached hydrogens (tertiary/aromatic N) is 1. The predicted octanol–water partition coefficient (Wildman–Crippen LogP) is 2.23. The lowest BCUT2D eigenvalue weighted by Crippen LogP contribution is -2.46. The molecule has 0 saturated carbocycles. The number of piperidine rings is 1. The molecular formula is C16H26N2O2S. The number of likely N-dealkylation sites (N-methyl/N-ethyl adjacent to an activating group) is 1. The second kappa shape index (κ2) is 6.90. The normalized spacial score (nSPS) is 22.1. The van der Waals surface area contributed by atoms with Crippen molar-refractivity contribution in [1.82, 2.24) is 10.2 Å². The second-order valence-corrected chi connectivity index (χ2v) is 7.98. The number of hydrogen-bond donors (Lipinski definition) is 1. The molecule has 118 valence electrons. The maximum absolute atomic E-state index is 11.5. The van der Waals surface area contributed by atoms with Gasteiger partial charge in [-0.05, 0) is 50.6 Å². The topological polar surface area (TPSA) is 49.4 Å². The third-order valence-electron chi connectivity index (χ3n) is 4.25. The van der Waals surface area contributed by atoms with Crippen LogP contribution in [0.15, 0.2) is 29.2 Å². The summed E-state index contributed by atoms with van der Waals surface area (Å²) < 4.78 is 23.0. The van der Waals surface area contributed by atoms with Gasteiger partial charge in [0.1, 0.15) is 0 Å². The summed E-state index contributed by atoms with van der Waals surface area (Å²) in [6.07, 6.45) is 3.69. The smallest absolute Gasteiger partial charge is 0.175 e. The van der Waals surface area contributed by atoms with Crippen LogP contribution in [-0.4, -0.2) is 45.2 Å². The van der Waals surface area contributed by atoms with Crippen LogP contribution in [0, 0.1) is 0 Å². The lowest BCUT2D eigenvalue weighted by Gasteiger charge is -2.34. The Balaban J connectivity index is 1.98. The Morgan fingerprint density at radius 2 is 2.00 bits per heavy atom. The minimum atomic E-state index is -3.11. The Morgan fingerprint density at radius 1 is 1.33 bits per heavy atom. The van der Waals surface area contributed by atoms with Gasteiger partial charge in [0.2, 0.25) is 0 Å². The Hall–Kier alpha value is -0.910. The molecule has 1 saturated heterocycles. The number of sulfone groups is 1. The fraction of sp³-hybridized carbons (Fsp3) is 0.625. The molecule has 1 N–H and O–H groups in total. The summed E-state index contributed by atoms with van der Waals surface area (Å²) in [4.78, 5) is 2.86. The SMILES string of the molecule is CCN1CCCC(NC(C)c2ccc(S(C)(=O)=O)cc2)C1. The largest absolute Gasteiger partial charge is 0.306 e. The monoisotopic (exact) mass is 310 g/mol. The summed E-state index contributed by atoms with van der Waals surface area (Å²) in [6, 6.07) is 7.97. The molecule has 1 aromatic carbocycles. The summed E-state index contributed by atoms with van der Waals surface area (Å²) in [5.74, 6) is 0. The van der Waals surface area contributed by atoms with Crippen LogP contribution in [0.3, 0.4) is 0 Å². The maximum Gasteiger partial charge on any atom is 0.175 e. The Labute approximate surface area is 128 Å². The van der Waals surface area contributed by atoms with Gasteiger partial charge in [0, 0.05) is 24.9 Å². The van der Waals surface area contributed by atoms with Gasteiger partial charge < -0.3 is 10.2 Å². The van der Waals surface area contributed by atoms with E-state index >= 15 is 0 Å². The number of hydrogen-bond acceptors (Lipinski definition) is 4. The van der Waals surface area contributed by atoms with E-state index in [0.717, 1.165) is 18.7 Å². The summed E-state index contributed by atoms with van der Waals surface area (Å²) in [5.41, 5.74) is 1.14. The van der Waals surface area contributed by atoms with Crippen LogP contribution >= 0.6 is 0 Å². The first-order valence-electron chi connectivity index (χ1n) is 7.68. The van der Waals surface area contributed by atoms with Crippen LogP contribution in [0.1, 0.15) is 38.3 Å². The molecule has 2 rings (SSSR count). The van der Waals surface area contributed by atoms with Crippen LogP contribution in [0.25, 0.3) is 0 Å². The van der Waals surface area contributed by atoms with Gasteiger partial charge in [-0.2, -0.15) is 0 Å². The molecule has 1 heterocycles. The van der Waals surface area contributed by atoms with Crippen LogP contribution in [-0.2, 0) is 9.84 Å². The Morgan fingerprint density at radius 3 is 2.57 bits per heavy atom. The molecule has 2 atom stereocenters. The van der Waals surface area contributed by atoms with Crippen molar-refractivity contribution in [3.63, 3.8) is 0 Å². The summed E-state index contributed by atoms with van der Waals surface area (Å²) in [6.45, 7) is 7.75. The van der Waals surface area contributed by atoms with E-state index in [1.807, 2.05) is 12.1 Å². The predicted molar refractivity (Wildman–Crippen MR) is 86.2 cm³/mol. The fourth-order valence-corrected chi connectivity index (χ4v) is 3.56. The first kappa shape index (κ1) is 16.5. The van der Waals surface area contributed by atoms with Gasteiger partial charge in [0.25, 0.3) is 0 Å². The van der Waals surface area contributed by atoms with E-state index in [0.29, 0.717) is 10.9 Å². The highest BCUT2D eigenvalue weighted by atomic mass is 32.2. The number of benzene rings is 1. The Kier molecular flexibility index (Phi) is 5.41. The van der Waals surface area contributed by atoms with Crippen molar-refractivity contribution < 1.29 is 8.42 Å². The number of nitrogens with one attached hydrogen (secondary N) is 1. The number of likely N-dealkylation sites (tertiary alicyclic amines) is 1. The first-order valence-corrected chi connectivity index (χ1v) is 9.57. The molecule has 0 amide bonds. The molecule has 21 heavy (non-hydrogen) atoms. The lowest BCUT2D eigenvalue weighted by atomic mass is 10.0. The van der Waals surface area contributed by atoms with Gasteiger partial charge in [-0.1, -0.05) is 19.1 Å². The molecule has 0 spiro atoms. The molecule has 0 aromatic heterocycles. The van der Waals surface area contributed by atoms with Crippen LogP contribution in [0.4, 0.5) is 0 Å². The average molecular weight is 310 g/mol. The van der Waals surface area contributed by atoms with Crippen molar-refractivity contribution in [2.24, 2.45) is 0 Å². The third-order valence-corrected chi connectivity index (χ3v) is 5.38. The van der Waals surface area contributed by atoms with Crippen molar-refractivity contribution in [1.29, 1.82) is 0 Å². The molecule has 0 bridgehead atoms. The van der Waals surface area contributed by atoms with E-state index in [9.17, 15) is 8.42 Å². The summed E-state index contributed by atoms with van der Waals surface area (Å²) >= 11 is 0. The second-order valence-electron chi connectivity index (χ2n) is 5.96.